The highest BCUT2D eigenvalue weighted by Crippen LogP contribution is 2.34. The number of anilines is 2. The molecule has 0 aliphatic carbocycles. The van der Waals surface area contributed by atoms with Crippen LogP contribution < -0.4 is 10.6 Å². The van der Waals surface area contributed by atoms with Gasteiger partial charge in [-0.05, 0) is 62.6 Å². The van der Waals surface area contributed by atoms with Crippen LogP contribution in [0.2, 0.25) is 0 Å². The predicted octanol–water partition coefficient (Wildman–Crippen LogP) is 5.96. The third-order valence-electron chi connectivity index (χ3n) is 6.00. The van der Waals surface area contributed by atoms with E-state index in [0.29, 0.717) is 18.1 Å². The van der Waals surface area contributed by atoms with E-state index in [1.807, 2.05) is 107 Å². The fraction of sp³-hybridized carbons (Fsp3) is 0.207. The van der Waals surface area contributed by atoms with Crippen molar-refractivity contribution in [2.45, 2.75) is 27.7 Å². The van der Waals surface area contributed by atoms with Gasteiger partial charge in [0.2, 0.25) is 5.91 Å². The smallest absolute Gasteiger partial charge is 0.315 e. The van der Waals surface area contributed by atoms with Crippen molar-refractivity contribution < 1.29 is 9.59 Å². The van der Waals surface area contributed by atoms with Crippen molar-refractivity contribution in [1.29, 1.82) is 0 Å². The minimum absolute atomic E-state index is 0.0968. The van der Waals surface area contributed by atoms with Crippen molar-refractivity contribution in [3.8, 4) is 16.8 Å². The number of aromatic nitrogens is 2. The van der Waals surface area contributed by atoms with Gasteiger partial charge in [-0.3, -0.25) is 4.79 Å². The van der Waals surface area contributed by atoms with Crippen LogP contribution in [0.3, 0.4) is 0 Å². The maximum atomic E-state index is 13.3. The van der Waals surface area contributed by atoms with Gasteiger partial charge < -0.3 is 15.5 Å². The van der Waals surface area contributed by atoms with E-state index in [1.165, 1.54) is 4.90 Å². The largest absolute Gasteiger partial charge is 0.322 e. The van der Waals surface area contributed by atoms with Crippen LogP contribution in [0.1, 0.15) is 23.7 Å². The lowest BCUT2D eigenvalue weighted by Crippen LogP contribution is -2.40. The molecule has 3 amide bonds. The van der Waals surface area contributed by atoms with E-state index in [4.69, 9.17) is 5.10 Å². The molecule has 7 nitrogen and oxygen atoms in total. The van der Waals surface area contributed by atoms with Gasteiger partial charge in [-0.1, -0.05) is 60.7 Å². The molecule has 36 heavy (non-hydrogen) atoms. The number of para-hydroxylation sites is 1. The second-order valence-electron chi connectivity index (χ2n) is 8.74. The van der Waals surface area contributed by atoms with Gasteiger partial charge in [0, 0.05) is 17.8 Å². The topological polar surface area (TPSA) is 79.3 Å². The van der Waals surface area contributed by atoms with Crippen LogP contribution in [-0.2, 0) is 4.79 Å². The number of carbonyl (C=O) groups is 2. The molecule has 4 aromatic rings. The van der Waals surface area contributed by atoms with Crippen molar-refractivity contribution in [1.82, 2.24) is 14.7 Å². The summed E-state index contributed by atoms with van der Waals surface area (Å²) in [5.74, 6) is 0.274. The maximum Gasteiger partial charge on any atom is 0.322 e. The Balaban J connectivity index is 1.62. The maximum absolute atomic E-state index is 13.3. The van der Waals surface area contributed by atoms with E-state index in [9.17, 15) is 9.59 Å². The number of likely N-dealkylation sites (N-methyl/N-ethyl adjacent to an activating group) is 1. The minimum atomic E-state index is -0.329. The fourth-order valence-corrected chi connectivity index (χ4v) is 4.17. The molecule has 0 saturated heterocycles. The Morgan fingerprint density at radius 1 is 0.889 bits per heavy atom. The van der Waals surface area contributed by atoms with Crippen LogP contribution >= 0.6 is 0 Å². The summed E-state index contributed by atoms with van der Waals surface area (Å²) >= 11 is 0. The van der Waals surface area contributed by atoms with E-state index < -0.39 is 0 Å². The molecule has 184 valence electrons. The van der Waals surface area contributed by atoms with Crippen molar-refractivity contribution in [3.63, 3.8) is 0 Å². The molecule has 1 aromatic heterocycles. The van der Waals surface area contributed by atoms with E-state index >= 15 is 0 Å². The molecule has 0 fully saturated rings. The Hall–Kier alpha value is -4.39. The molecule has 0 aliphatic heterocycles. The summed E-state index contributed by atoms with van der Waals surface area (Å²) < 4.78 is 1.77. The molecule has 0 radical (unpaired) electrons. The molecule has 0 atom stereocenters. The van der Waals surface area contributed by atoms with Crippen LogP contribution in [0.15, 0.2) is 78.9 Å². The summed E-state index contributed by atoms with van der Waals surface area (Å²) in [6, 6.07) is 25.0. The highest BCUT2D eigenvalue weighted by molar-refractivity contribution is 5.99. The van der Waals surface area contributed by atoms with Crippen LogP contribution in [0.5, 0.6) is 0 Å². The van der Waals surface area contributed by atoms with Crippen LogP contribution in [0.25, 0.3) is 16.8 Å². The molecule has 4 rings (SSSR count). The van der Waals surface area contributed by atoms with Gasteiger partial charge in [-0.25, -0.2) is 9.48 Å². The summed E-state index contributed by atoms with van der Waals surface area (Å²) in [5, 5.41) is 10.7. The van der Waals surface area contributed by atoms with Crippen LogP contribution in [-0.4, -0.2) is 39.7 Å². The average Bonchev–Trinajstić information content (AvgIpc) is 3.18. The number of aryl methyl sites for hydroxylation is 3. The number of hydrogen-bond acceptors (Lipinski definition) is 3. The van der Waals surface area contributed by atoms with Gasteiger partial charge in [0.25, 0.3) is 0 Å². The lowest BCUT2D eigenvalue weighted by molar-refractivity contribution is -0.116. The zero-order valence-corrected chi connectivity index (χ0v) is 21.1. The second-order valence-corrected chi connectivity index (χ2v) is 8.74. The van der Waals surface area contributed by atoms with Gasteiger partial charge in [0.1, 0.15) is 12.4 Å². The number of nitrogens with zero attached hydrogens (tertiary/aromatic N) is 3. The van der Waals surface area contributed by atoms with Gasteiger partial charge >= 0.3 is 6.03 Å². The Kier molecular flexibility index (Phi) is 7.49. The first-order valence-electron chi connectivity index (χ1n) is 12.0. The van der Waals surface area contributed by atoms with Gasteiger partial charge in [-0.2, -0.15) is 5.10 Å². The Bertz CT molecular complexity index is 1380. The summed E-state index contributed by atoms with van der Waals surface area (Å²) in [6.07, 6.45) is 0. The predicted molar refractivity (Wildman–Crippen MR) is 145 cm³/mol. The highest BCUT2D eigenvalue weighted by atomic mass is 16.2. The first-order valence-corrected chi connectivity index (χ1v) is 12.0. The summed E-state index contributed by atoms with van der Waals surface area (Å²) in [7, 11) is 0. The standard InChI is InChI=1S/C29H31N5O2/c1-5-33(29(36)30-24-16-11-12-20(2)18-24)19-26(35)31-28-27(23-14-7-6-8-15-23)22(4)32-34(28)25-17-10-9-13-21(25)3/h6-18H,5,19H2,1-4H3,(H,30,36)(H,31,35). The van der Waals surface area contributed by atoms with E-state index in [2.05, 4.69) is 10.6 Å². The number of rotatable bonds is 7. The first-order chi connectivity index (χ1) is 17.4. The molecule has 2 N–H and O–H groups in total. The molecule has 0 aliphatic rings. The number of nitrogens with one attached hydrogen (secondary N) is 2. The Labute approximate surface area is 211 Å². The van der Waals surface area contributed by atoms with Gasteiger partial charge in [-0.15, -0.1) is 0 Å². The summed E-state index contributed by atoms with van der Waals surface area (Å²) in [5.41, 5.74) is 6.24. The molecule has 0 saturated carbocycles. The molecular formula is C29H31N5O2. The number of amides is 3. The normalized spacial score (nSPS) is 10.7. The quantitative estimate of drug-likeness (QED) is 0.342. The lowest BCUT2D eigenvalue weighted by atomic mass is 10.1. The van der Waals surface area contributed by atoms with Crippen LogP contribution in [0.4, 0.5) is 16.3 Å². The van der Waals surface area contributed by atoms with Crippen molar-refractivity contribution >= 4 is 23.4 Å². The molecule has 0 bridgehead atoms. The third-order valence-corrected chi connectivity index (χ3v) is 6.00. The van der Waals surface area contributed by atoms with E-state index in [0.717, 1.165) is 33.6 Å². The monoisotopic (exact) mass is 481 g/mol. The number of benzene rings is 3. The summed E-state index contributed by atoms with van der Waals surface area (Å²) in [4.78, 5) is 27.6. The van der Waals surface area contributed by atoms with E-state index in [-0.39, 0.29) is 18.5 Å². The molecule has 1 heterocycles. The zero-order valence-electron chi connectivity index (χ0n) is 21.1. The molecule has 0 unspecified atom stereocenters. The van der Waals surface area contributed by atoms with Gasteiger partial charge in [0.15, 0.2) is 0 Å². The van der Waals surface area contributed by atoms with Crippen molar-refractivity contribution in [2.24, 2.45) is 0 Å². The average molecular weight is 482 g/mol. The molecule has 3 aromatic carbocycles. The Morgan fingerprint density at radius 3 is 2.31 bits per heavy atom. The number of hydrogen-bond donors (Lipinski definition) is 2. The Morgan fingerprint density at radius 2 is 1.61 bits per heavy atom. The summed E-state index contributed by atoms with van der Waals surface area (Å²) in [6.45, 7) is 8.03. The second kappa shape index (κ2) is 10.9. The molecule has 0 spiro atoms. The van der Waals surface area contributed by atoms with E-state index in [1.54, 1.807) is 4.68 Å². The SMILES string of the molecule is CCN(CC(=O)Nc1c(-c2ccccc2)c(C)nn1-c1ccccc1C)C(=O)Nc1cccc(C)c1. The highest BCUT2D eigenvalue weighted by Gasteiger charge is 2.23. The molecule has 7 heteroatoms. The third kappa shape index (κ3) is 5.46. The molecular weight excluding hydrogens is 450 g/mol. The zero-order chi connectivity index (χ0) is 25.7. The lowest BCUT2D eigenvalue weighted by Gasteiger charge is -2.21. The number of carbonyl (C=O) groups excluding carboxylic acids is 2. The van der Waals surface area contributed by atoms with Crippen molar-refractivity contribution in [3.05, 3.63) is 95.7 Å². The minimum Gasteiger partial charge on any atom is -0.315 e. The van der Waals surface area contributed by atoms with Crippen LogP contribution in [0, 0.1) is 20.8 Å². The van der Waals surface area contributed by atoms with Crippen molar-refractivity contribution in [2.75, 3.05) is 23.7 Å². The fourth-order valence-electron chi connectivity index (χ4n) is 4.17. The van der Waals surface area contributed by atoms with Gasteiger partial charge in [0.05, 0.1) is 11.4 Å². The number of urea groups is 1. The first kappa shape index (κ1) is 24.7.